The molecule has 0 saturated carbocycles. The van der Waals surface area contributed by atoms with Gasteiger partial charge in [0, 0.05) is 19.0 Å². The van der Waals surface area contributed by atoms with E-state index in [1.54, 1.807) is 12.1 Å². The highest BCUT2D eigenvalue weighted by atomic mass is 32.2. The van der Waals surface area contributed by atoms with Gasteiger partial charge in [-0.15, -0.1) is 0 Å². The second kappa shape index (κ2) is 8.70. The van der Waals surface area contributed by atoms with Gasteiger partial charge in [0.2, 0.25) is 15.9 Å². The SMILES string of the molecule is CCOc1ccccc1NC(=O)C1CCN(S(=O)(=O)c2ccc(F)cc2)CC1. The molecule has 1 fully saturated rings. The van der Waals surface area contributed by atoms with Crippen molar-refractivity contribution in [1.82, 2.24) is 4.31 Å². The predicted octanol–water partition coefficient (Wildman–Crippen LogP) is 3.26. The van der Waals surface area contributed by atoms with E-state index in [4.69, 9.17) is 4.74 Å². The summed E-state index contributed by atoms with van der Waals surface area (Å²) in [6.07, 6.45) is 0.839. The van der Waals surface area contributed by atoms with E-state index in [0.29, 0.717) is 30.9 Å². The lowest BCUT2D eigenvalue weighted by Crippen LogP contribution is -2.41. The Morgan fingerprint density at radius 1 is 1.14 bits per heavy atom. The van der Waals surface area contributed by atoms with Crippen molar-refractivity contribution >= 4 is 21.6 Å². The van der Waals surface area contributed by atoms with Crippen molar-refractivity contribution in [3.63, 3.8) is 0 Å². The van der Waals surface area contributed by atoms with Crippen molar-refractivity contribution in [3.8, 4) is 5.75 Å². The van der Waals surface area contributed by atoms with E-state index in [1.165, 1.54) is 16.4 Å². The quantitative estimate of drug-likeness (QED) is 0.799. The van der Waals surface area contributed by atoms with Crippen LogP contribution in [0, 0.1) is 11.7 Å². The number of rotatable bonds is 6. The molecule has 2 aromatic rings. The van der Waals surface area contributed by atoms with Crippen molar-refractivity contribution in [2.45, 2.75) is 24.7 Å². The van der Waals surface area contributed by atoms with E-state index in [2.05, 4.69) is 5.32 Å². The van der Waals surface area contributed by atoms with Crippen LogP contribution < -0.4 is 10.1 Å². The molecular weight excluding hydrogens is 383 g/mol. The normalized spacial score (nSPS) is 15.9. The maximum absolute atomic E-state index is 13.1. The zero-order valence-electron chi connectivity index (χ0n) is 15.6. The van der Waals surface area contributed by atoms with E-state index in [1.807, 2.05) is 19.1 Å². The molecule has 1 saturated heterocycles. The molecule has 1 aliphatic heterocycles. The first-order chi connectivity index (χ1) is 13.4. The number of nitrogens with zero attached hydrogens (tertiary/aromatic N) is 1. The monoisotopic (exact) mass is 406 g/mol. The third kappa shape index (κ3) is 4.51. The molecule has 0 unspecified atom stereocenters. The van der Waals surface area contributed by atoms with E-state index in [-0.39, 0.29) is 29.8 Å². The number of para-hydroxylation sites is 2. The van der Waals surface area contributed by atoms with Crippen LogP contribution in [-0.4, -0.2) is 38.3 Å². The number of hydrogen-bond acceptors (Lipinski definition) is 4. The Balaban J connectivity index is 1.62. The molecule has 0 aromatic heterocycles. The zero-order chi connectivity index (χ0) is 20.1. The van der Waals surface area contributed by atoms with Gasteiger partial charge in [-0.25, -0.2) is 12.8 Å². The Kier molecular flexibility index (Phi) is 6.31. The summed E-state index contributed by atoms with van der Waals surface area (Å²) < 4.78 is 45.2. The van der Waals surface area contributed by atoms with Gasteiger partial charge in [0.05, 0.1) is 17.2 Å². The molecule has 0 spiro atoms. The van der Waals surface area contributed by atoms with E-state index >= 15 is 0 Å². The van der Waals surface area contributed by atoms with Gasteiger partial charge < -0.3 is 10.1 Å². The molecule has 1 aliphatic rings. The molecule has 28 heavy (non-hydrogen) atoms. The molecule has 0 bridgehead atoms. The Morgan fingerprint density at radius 2 is 1.79 bits per heavy atom. The lowest BCUT2D eigenvalue weighted by atomic mass is 9.97. The van der Waals surface area contributed by atoms with Gasteiger partial charge >= 0.3 is 0 Å². The van der Waals surface area contributed by atoms with E-state index < -0.39 is 15.8 Å². The van der Waals surface area contributed by atoms with Crippen LogP contribution in [0.4, 0.5) is 10.1 Å². The van der Waals surface area contributed by atoms with Crippen LogP contribution in [0.2, 0.25) is 0 Å². The average molecular weight is 406 g/mol. The highest BCUT2D eigenvalue weighted by Crippen LogP contribution is 2.28. The molecule has 150 valence electrons. The molecule has 0 atom stereocenters. The fraction of sp³-hybridized carbons (Fsp3) is 0.350. The number of carbonyl (C=O) groups excluding carboxylic acids is 1. The number of sulfonamides is 1. The number of carbonyl (C=O) groups is 1. The van der Waals surface area contributed by atoms with Crippen LogP contribution in [-0.2, 0) is 14.8 Å². The molecule has 8 heteroatoms. The number of amides is 1. The van der Waals surface area contributed by atoms with Gasteiger partial charge in [-0.3, -0.25) is 4.79 Å². The molecule has 3 rings (SSSR count). The average Bonchev–Trinajstić information content (AvgIpc) is 2.70. The minimum absolute atomic E-state index is 0.0578. The maximum Gasteiger partial charge on any atom is 0.243 e. The Bertz CT molecular complexity index is 923. The molecule has 1 amide bonds. The number of anilines is 1. The summed E-state index contributed by atoms with van der Waals surface area (Å²) in [5.74, 6) is -0.309. The molecule has 1 N–H and O–H groups in total. The molecule has 6 nitrogen and oxygen atoms in total. The van der Waals surface area contributed by atoms with Crippen molar-refractivity contribution in [2.24, 2.45) is 5.92 Å². The maximum atomic E-state index is 13.1. The fourth-order valence-corrected chi connectivity index (χ4v) is 4.67. The minimum atomic E-state index is -3.69. The number of halogens is 1. The van der Waals surface area contributed by atoms with Crippen molar-refractivity contribution in [3.05, 3.63) is 54.3 Å². The number of benzene rings is 2. The summed E-state index contributed by atoms with van der Waals surface area (Å²) in [5, 5.41) is 2.88. The fourth-order valence-electron chi connectivity index (χ4n) is 3.20. The van der Waals surface area contributed by atoms with Crippen LogP contribution in [0.5, 0.6) is 5.75 Å². The summed E-state index contributed by atoms with van der Waals surface area (Å²) in [4.78, 5) is 12.7. The Morgan fingerprint density at radius 3 is 2.43 bits per heavy atom. The van der Waals surface area contributed by atoms with Crippen LogP contribution in [0.15, 0.2) is 53.4 Å². The van der Waals surface area contributed by atoms with Gasteiger partial charge in [-0.1, -0.05) is 12.1 Å². The van der Waals surface area contributed by atoms with Crippen molar-refractivity contribution in [2.75, 3.05) is 25.0 Å². The molecule has 0 radical (unpaired) electrons. The third-order valence-electron chi connectivity index (χ3n) is 4.72. The summed E-state index contributed by atoms with van der Waals surface area (Å²) in [5.41, 5.74) is 0.607. The van der Waals surface area contributed by atoms with E-state index in [0.717, 1.165) is 12.1 Å². The smallest absolute Gasteiger partial charge is 0.243 e. The first-order valence-corrected chi connectivity index (χ1v) is 10.6. The first-order valence-electron chi connectivity index (χ1n) is 9.20. The molecule has 1 heterocycles. The second-order valence-corrected chi connectivity index (χ2v) is 8.49. The van der Waals surface area contributed by atoms with Crippen LogP contribution in [0.25, 0.3) is 0 Å². The van der Waals surface area contributed by atoms with Gasteiger partial charge in [-0.05, 0) is 56.2 Å². The van der Waals surface area contributed by atoms with Crippen LogP contribution in [0.1, 0.15) is 19.8 Å². The summed E-state index contributed by atoms with van der Waals surface area (Å²) in [6.45, 7) is 2.85. The third-order valence-corrected chi connectivity index (χ3v) is 6.63. The van der Waals surface area contributed by atoms with Crippen LogP contribution >= 0.6 is 0 Å². The predicted molar refractivity (Wildman–Crippen MR) is 104 cm³/mol. The van der Waals surface area contributed by atoms with Gasteiger partial charge in [0.25, 0.3) is 0 Å². The molecular formula is C20H23FN2O4S. The Hall–Kier alpha value is -2.45. The standard InChI is InChI=1S/C20H23FN2O4S/c1-2-27-19-6-4-3-5-18(19)22-20(24)15-11-13-23(14-12-15)28(25,26)17-9-7-16(21)8-10-17/h3-10,15H,2,11-14H2,1H3,(H,22,24). The largest absolute Gasteiger partial charge is 0.492 e. The Labute approximate surface area is 164 Å². The van der Waals surface area contributed by atoms with Gasteiger partial charge in [0.1, 0.15) is 11.6 Å². The topological polar surface area (TPSA) is 75.7 Å². The van der Waals surface area contributed by atoms with Crippen molar-refractivity contribution in [1.29, 1.82) is 0 Å². The first kappa shape index (κ1) is 20.3. The highest BCUT2D eigenvalue weighted by Gasteiger charge is 2.32. The van der Waals surface area contributed by atoms with Crippen molar-refractivity contribution < 1.29 is 22.3 Å². The van der Waals surface area contributed by atoms with Gasteiger partial charge in [-0.2, -0.15) is 4.31 Å². The number of ether oxygens (including phenoxy) is 1. The molecule has 2 aromatic carbocycles. The zero-order valence-corrected chi connectivity index (χ0v) is 16.4. The molecule has 0 aliphatic carbocycles. The minimum Gasteiger partial charge on any atom is -0.492 e. The highest BCUT2D eigenvalue weighted by molar-refractivity contribution is 7.89. The lowest BCUT2D eigenvalue weighted by Gasteiger charge is -2.30. The summed E-state index contributed by atoms with van der Waals surface area (Å²) >= 11 is 0. The lowest BCUT2D eigenvalue weighted by molar-refractivity contribution is -0.120. The summed E-state index contributed by atoms with van der Waals surface area (Å²) in [6, 6.07) is 12.0. The summed E-state index contributed by atoms with van der Waals surface area (Å²) in [7, 11) is -3.69. The van der Waals surface area contributed by atoms with Gasteiger partial charge in [0.15, 0.2) is 0 Å². The second-order valence-electron chi connectivity index (χ2n) is 6.55. The number of nitrogens with one attached hydrogen (secondary N) is 1. The van der Waals surface area contributed by atoms with Crippen LogP contribution in [0.3, 0.4) is 0 Å². The number of piperidine rings is 1. The van der Waals surface area contributed by atoms with E-state index in [9.17, 15) is 17.6 Å². The number of hydrogen-bond donors (Lipinski definition) is 1.